The van der Waals surface area contributed by atoms with Crippen LogP contribution in [-0.4, -0.2) is 30.7 Å². The molecule has 0 N–H and O–H groups in total. The quantitative estimate of drug-likeness (QED) is 0.0608. The minimum absolute atomic E-state index is 0. The van der Waals surface area contributed by atoms with Gasteiger partial charge in [0.15, 0.2) is 0 Å². The van der Waals surface area contributed by atoms with E-state index in [4.69, 9.17) is 0 Å². The van der Waals surface area contributed by atoms with Crippen LogP contribution in [0.25, 0.3) is 0 Å². The molecule has 0 rings (SSSR count). The average molecular weight is 655 g/mol. The molecule has 0 aromatic rings. The number of unbranched alkanes of at least 4 members (excludes halogenated alkanes) is 30. The van der Waals surface area contributed by atoms with Crippen LogP contribution >= 0.6 is 12.4 Å². The van der Waals surface area contributed by atoms with Crippen LogP contribution in [-0.2, 0) is 0 Å². The molecule has 0 radical (unpaired) electrons. The lowest BCUT2D eigenvalue weighted by atomic mass is 10.0. The summed E-state index contributed by atoms with van der Waals surface area (Å²) in [7, 11) is 0. The van der Waals surface area contributed by atoms with E-state index in [1.165, 1.54) is 193 Å². The highest BCUT2D eigenvalue weighted by Gasteiger charge is 2.27. The molecule has 44 heavy (non-hydrogen) atoms. The van der Waals surface area contributed by atoms with Gasteiger partial charge in [0.05, 0.1) is 6.42 Å². The predicted octanol–water partition coefficient (Wildman–Crippen LogP) is 15.2. The number of alkyl halides is 3. The zero-order valence-corrected chi connectivity index (χ0v) is 30.8. The second-order valence-electron chi connectivity index (χ2n) is 13.8. The first-order valence-electron chi connectivity index (χ1n) is 19.8. The summed E-state index contributed by atoms with van der Waals surface area (Å²) in [6.45, 7) is 6.42. The molecule has 0 unspecified atom stereocenters. The molecular formula is C39H79ClF3N. The molecule has 0 aliphatic heterocycles. The van der Waals surface area contributed by atoms with Gasteiger partial charge < -0.3 is 4.90 Å². The number of nitrogens with zero attached hydrogens (tertiary/aromatic N) is 1. The lowest BCUT2D eigenvalue weighted by molar-refractivity contribution is -0.138. The Bertz CT molecular complexity index is 478. The SMILES string of the molecule is CCCCCCCCCCCCCCCCCCN(CCCCCCCCCCCCCCCCCC)CCC(F)(F)F.Cl. The fourth-order valence-electron chi connectivity index (χ4n) is 6.39. The van der Waals surface area contributed by atoms with Crippen molar-refractivity contribution < 1.29 is 13.2 Å². The summed E-state index contributed by atoms with van der Waals surface area (Å²) in [5.41, 5.74) is 0. The van der Waals surface area contributed by atoms with Gasteiger partial charge in [-0.3, -0.25) is 0 Å². The van der Waals surface area contributed by atoms with E-state index in [-0.39, 0.29) is 19.0 Å². The Morgan fingerprint density at radius 3 is 0.727 bits per heavy atom. The van der Waals surface area contributed by atoms with Crippen molar-refractivity contribution in [2.75, 3.05) is 19.6 Å². The number of rotatable bonds is 36. The first kappa shape index (κ1) is 46.2. The summed E-state index contributed by atoms with van der Waals surface area (Å²) >= 11 is 0. The van der Waals surface area contributed by atoms with E-state index in [0.717, 1.165) is 25.9 Å². The third-order valence-corrected chi connectivity index (χ3v) is 9.37. The lowest BCUT2D eigenvalue weighted by Gasteiger charge is -2.23. The molecule has 0 spiro atoms. The largest absolute Gasteiger partial charge is 0.390 e. The Labute approximate surface area is 281 Å². The Hall–Kier alpha value is 0.0400. The van der Waals surface area contributed by atoms with E-state index < -0.39 is 12.6 Å². The lowest BCUT2D eigenvalue weighted by Crippen LogP contribution is -2.30. The molecule has 5 heteroatoms. The molecule has 0 aromatic carbocycles. The first-order chi connectivity index (χ1) is 21.0. The Morgan fingerprint density at radius 2 is 0.523 bits per heavy atom. The average Bonchev–Trinajstić information content (AvgIpc) is 2.98. The Kier molecular flexibility index (Phi) is 39.3. The third kappa shape index (κ3) is 40.1. The topological polar surface area (TPSA) is 3.24 Å². The highest BCUT2D eigenvalue weighted by Crippen LogP contribution is 2.21. The molecule has 0 heterocycles. The smallest absolute Gasteiger partial charge is 0.303 e. The van der Waals surface area contributed by atoms with E-state index in [2.05, 4.69) is 18.7 Å². The fourth-order valence-corrected chi connectivity index (χ4v) is 6.39. The molecule has 0 fully saturated rings. The summed E-state index contributed by atoms with van der Waals surface area (Å²) in [4.78, 5) is 2.10. The molecule has 0 amide bonds. The summed E-state index contributed by atoms with van der Waals surface area (Å²) in [6, 6.07) is 0. The summed E-state index contributed by atoms with van der Waals surface area (Å²) in [5.74, 6) is 0. The maximum atomic E-state index is 12.9. The molecule has 0 atom stereocenters. The van der Waals surface area contributed by atoms with Gasteiger partial charge in [-0.15, -0.1) is 12.4 Å². The Morgan fingerprint density at radius 1 is 0.318 bits per heavy atom. The summed E-state index contributed by atoms with van der Waals surface area (Å²) in [5, 5.41) is 0. The van der Waals surface area contributed by atoms with Crippen molar-refractivity contribution in [2.24, 2.45) is 0 Å². The summed E-state index contributed by atoms with van der Waals surface area (Å²) < 4.78 is 38.6. The monoisotopic (exact) mass is 654 g/mol. The predicted molar refractivity (Wildman–Crippen MR) is 193 cm³/mol. The van der Waals surface area contributed by atoms with Crippen LogP contribution in [0.2, 0.25) is 0 Å². The fraction of sp³-hybridized carbons (Fsp3) is 1.00. The molecule has 0 aliphatic rings. The second-order valence-corrected chi connectivity index (χ2v) is 13.8. The van der Waals surface area contributed by atoms with Crippen LogP contribution in [0.15, 0.2) is 0 Å². The standard InChI is InChI=1S/C39H78F3N.ClH/c1-3-5-7-9-11-13-15-17-19-21-23-25-27-29-31-33-36-43(38-35-39(40,41)42)37-34-32-30-28-26-24-22-20-18-16-14-12-10-8-6-4-2;/h3-38H2,1-2H3;1H. The van der Waals surface area contributed by atoms with Gasteiger partial charge in [0.2, 0.25) is 0 Å². The molecule has 0 aliphatic carbocycles. The van der Waals surface area contributed by atoms with Crippen LogP contribution in [0.5, 0.6) is 0 Å². The van der Waals surface area contributed by atoms with Gasteiger partial charge in [-0.25, -0.2) is 0 Å². The van der Waals surface area contributed by atoms with Gasteiger partial charge in [-0.1, -0.05) is 206 Å². The second kappa shape index (κ2) is 37.5. The molecule has 0 saturated heterocycles. The van der Waals surface area contributed by atoms with Crippen LogP contribution in [0.4, 0.5) is 13.2 Å². The van der Waals surface area contributed by atoms with E-state index in [0.29, 0.717) is 0 Å². The van der Waals surface area contributed by atoms with Crippen molar-refractivity contribution >= 4 is 12.4 Å². The van der Waals surface area contributed by atoms with Gasteiger partial charge in [0.25, 0.3) is 0 Å². The van der Waals surface area contributed by atoms with Gasteiger partial charge in [-0.05, 0) is 25.9 Å². The van der Waals surface area contributed by atoms with Crippen molar-refractivity contribution in [1.29, 1.82) is 0 Å². The van der Waals surface area contributed by atoms with Crippen molar-refractivity contribution in [1.82, 2.24) is 4.90 Å². The van der Waals surface area contributed by atoms with Crippen molar-refractivity contribution in [3.05, 3.63) is 0 Å². The zero-order valence-electron chi connectivity index (χ0n) is 29.9. The number of halogens is 4. The van der Waals surface area contributed by atoms with Gasteiger partial charge >= 0.3 is 6.18 Å². The van der Waals surface area contributed by atoms with Crippen LogP contribution < -0.4 is 0 Å². The van der Waals surface area contributed by atoms with E-state index in [9.17, 15) is 13.2 Å². The molecular weight excluding hydrogens is 575 g/mol. The van der Waals surface area contributed by atoms with Crippen molar-refractivity contribution in [3.8, 4) is 0 Å². The first-order valence-corrected chi connectivity index (χ1v) is 19.8. The van der Waals surface area contributed by atoms with Crippen LogP contribution in [0.1, 0.15) is 226 Å². The molecule has 0 saturated carbocycles. The maximum Gasteiger partial charge on any atom is 0.390 e. The minimum atomic E-state index is -4.04. The van der Waals surface area contributed by atoms with E-state index in [1.54, 1.807) is 0 Å². The minimum Gasteiger partial charge on any atom is -0.303 e. The summed E-state index contributed by atoms with van der Waals surface area (Å²) in [6.07, 6.45) is 38.2. The molecule has 1 nitrogen and oxygen atoms in total. The normalized spacial score (nSPS) is 11.9. The van der Waals surface area contributed by atoms with Crippen molar-refractivity contribution in [2.45, 2.75) is 232 Å². The maximum absolute atomic E-state index is 12.9. The number of hydrogen-bond acceptors (Lipinski definition) is 1. The van der Waals surface area contributed by atoms with E-state index >= 15 is 0 Å². The van der Waals surface area contributed by atoms with Crippen molar-refractivity contribution in [3.63, 3.8) is 0 Å². The molecule has 0 aromatic heterocycles. The zero-order chi connectivity index (χ0) is 31.5. The highest BCUT2D eigenvalue weighted by molar-refractivity contribution is 5.85. The highest BCUT2D eigenvalue weighted by atomic mass is 35.5. The van der Waals surface area contributed by atoms with Crippen LogP contribution in [0.3, 0.4) is 0 Å². The number of hydrogen-bond donors (Lipinski definition) is 0. The van der Waals surface area contributed by atoms with Gasteiger partial charge in [0.1, 0.15) is 0 Å². The van der Waals surface area contributed by atoms with Gasteiger partial charge in [0, 0.05) is 6.54 Å². The molecule has 268 valence electrons. The molecule has 0 bridgehead atoms. The van der Waals surface area contributed by atoms with E-state index in [1.807, 2.05) is 0 Å². The Balaban J connectivity index is 0. The van der Waals surface area contributed by atoms with Crippen LogP contribution in [0, 0.1) is 0 Å². The third-order valence-electron chi connectivity index (χ3n) is 9.37. The van der Waals surface area contributed by atoms with Gasteiger partial charge in [-0.2, -0.15) is 13.2 Å².